The number of carbonyl (C=O) groups is 1. The Morgan fingerprint density at radius 2 is 2.00 bits per heavy atom. The molecule has 1 saturated carbocycles. The van der Waals surface area contributed by atoms with Crippen molar-refractivity contribution in [3.05, 3.63) is 70.3 Å². The van der Waals surface area contributed by atoms with E-state index in [-0.39, 0.29) is 41.8 Å². The number of ether oxygens (including phenoxy) is 3. The van der Waals surface area contributed by atoms with Gasteiger partial charge in [0.1, 0.15) is 5.75 Å². The molecule has 2 bridgehead atoms. The smallest absolute Gasteiger partial charge is 0.264 e. The number of hydrogen-bond acceptors (Lipinski definition) is 8. The molecule has 11 heteroatoms. The number of amides is 1. The third-order valence-corrected chi connectivity index (χ3v) is 13.0. The molecule has 4 aliphatic rings. The van der Waals surface area contributed by atoms with E-state index in [0.29, 0.717) is 45.1 Å². The summed E-state index contributed by atoms with van der Waals surface area (Å²) in [5.74, 6) is 0.0306. The number of hydrogen-bond donors (Lipinski definition) is 2. The number of aliphatic hydroxyl groups excluding tert-OH is 1. The van der Waals surface area contributed by atoms with Gasteiger partial charge in [-0.05, 0) is 104 Å². The molecule has 256 valence electrons. The van der Waals surface area contributed by atoms with Gasteiger partial charge in [-0.2, -0.15) is 0 Å². The van der Waals surface area contributed by atoms with Crippen molar-refractivity contribution in [1.29, 1.82) is 0 Å². The summed E-state index contributed by atoms with van der Waals surface area (Å²) in [5.41, 5.74) is 3.24. The standard InChI is InChI=1S/C36H47ClN2O7S/c1-24-5-3-7-32(40)29-11-8-27(29)21-39-22-36(15-4-6-25-19-28(37)10-12-30(25)36)23-46-33-13-9-26(20-31(33)39)35(41)38-47(42,43)34(24)14-16-45-18-17-44-2/h3,7,9-10,12-13,19-20,24,27,29,32,34,40H,4-6,8,11,14-18,21-23H2,1-2H3,(H,38,41)/b7-3+/t24-,27+,29-,32+,34+,36+/m1/s1. The van der Waals surface area contributed by atoms with Crippen molar-refractivity contribution in [1.82, 2.24) is 4.72 Å². The first-order chi connectivity index (χ1) is 22.6. The lowest BCUT2D eigenvalue weighted by Gasteiger charge is -2.45. The molecule has 9 nitrogen and oxygen atoms in total. The summed E-state index contributed by atoms with van der Waals surface area (Å²) < 4.78 is 47.1. The van der Waals surface area contributed by atoms with Gasteiger partial charge < -0.3 is 24.2 Å². The van der Waals surface area contributed by atoms with Crippen LogP contribution < -0.4 is 14.4 Å². The Labute approximate surface area is 283 Å². The molecule has 0 radical (unpaired) electrons. The van der Waals surface area contributed by atoms with Crippen molar-refractivity contribution in [3.63, 3.8) is 0 Å². The number of methoxy groups -OCH3 is 1. The van der Waals surface area contributed by atoms with Crippen LogP contribution >= 0.6 is 11.6 Å². The third-order valence-electron chi connectivity index (χ3n) is 10.8. The predicted octanol–water partition coefficient (Wildman–Crippen LogP) is 5.28. The number of aryl methyl sites for hydroxylation is 1. The van der Waals surface area contributed by atoms with Crippen LogP contribution in [0.3, 0.4) is 0 Å². The van der Waals surface area contributed by atoms with Crippen molar-refractivity contribution in [2.45, 2.75) is 68.6 Å². The monoisotopic (exact) mass is 686 g/mol. The lowest BCUT2D eigenvalue weighted by molar-refractivity contribution is 0.0455. The predicted molar refractivity (Wildman–Crippen MR) is 183 cm³/mol. The average molecular weight is 687 g/mol. The molecular formula is C36H47ClN2O7S. The Morgan fingerprint density at radius 3 is 2.79 bits per heavy atom. The van der Waals surface area contributed by atoms with Gasteiger partial charge in [-0.25, -0.2) is 13.1 Å². The van der Waals surface area contributed by atoms with E-state index in [1.807, 2.05) is 25.1 Å². The second-order valence-electron chi connectivity index (χ2n) is 13.8. The first kappa shape index (κ1) is 34.2. The van der Waals surface area contributed by atoms with Gasteiger partial charge in [0.05, 0.1) is 36.9 Å². The van der Waals surface area contributed by atoms with Crippen LogP contribution in [0.15, 0.2) is 48.6 Å². The van der Waals surface area contributed by atoms with Crippen LogP contribution in [0.4, 0.5) is 5.69 Å². The highest BCUT2D eigenvalue weighted by Gasteiger charge is 2.44. The second-order valence-corrected chi connectivity index (χ2v) is 16.2. The molecule has 2 aromatic carbocycles. The van der Waals surface area contributed by atoms with Crippen LogP contribution in [0.5, 0.6) is 5.75 Å². The first-order valence-corrected chi connectivity index (χ1v) is 18.8. The molecule has 1 amide bonds. The maximum atomic E-state index is 13.8. The number of aliphatic hydroxyl groups is 1. The van der Waals surface area contributed by atoms with Crippen molar-refractivity contribution in [2.24, 2.45) is 17.8 Å². The van der Waals surface area contributed by atoms with E-state index in [2.05, 4.69) is 21.8 Å². The van der Waals surface area contributed by atoms with E-state index in [1.165, 1.54) is 11.1 Å². The van der Waals surface area contributed by atoms with E-state index < -0.39 is 27.3 Å². The Kier molecular flexibility index (Phi) is 10.5. The molecule has 2 N–H and O–H groups in total. The number of halogens is 1. The largest absolute Gasteiger partial charge is 0.490 e. The Balaban J connectivity index is 1.35. The topological polar surface area (TPSA) is 114 Å². The lowest BCUT2D eigenvalue weighted by atomic mass is 9.68. The number of anilines is 1. The SMILES string of the molecule is COCCOCC[C@H]1[C@H](C)C/C=C/[C@H](O)[C@@H]2CC[C@H]2CN2C[C@@]3(CCCc4cc(Cl)ccc43)COc3ccc(cc32)C(=O)NS1(=O)=O. The number of carbonyl (C=O) groups excluding carboxylic acids is 1. The molecule has 6 atom stereocenters. The molecule has 1 spiro atoms. The number of nitrogens with zero attached hydrogens (tertiary/aromatic N) is 1. The minimum atomic E-state index is -4.08. The van der Waals surface area contributed by atoms with Gasteiger partial charge in [0, 0.05) is 42.8 Å². The summed E-state index contributed by atoms with van der Waals surface area (Å²) in [6.45, 7) is 4.69. The van der Waals surface area contributed by atoms with Crippen LogP contribution in [-0.2, 0) is 31.3 Å². The quantitative estimate of drug-likeness (QED) is 0.312. The summed E-state index contributed by atoms with van der Waals surface area (Å²) in [6, 6.07) is 11.4. The lowest BCUT2D eigenvalue weighted by Crippen LogP contribution is -2.49. The molecule has 0 saturated heterocycles. The Hall–Kier alpha value is -2.63. The molecule has 2 aromatic rings. The van der Waals surface area contributed by atoms with E-state index in [0.717, 1.165) is 42.8 Å². The van der Waals surface area contributed by atoms with E-state index >= 15 is 0 Å². The Bertz CT molecular complexity index is 1580. The van der Waals surface area contributed by atoms with Gasteiger partial charge in [-0.15, -0.1) is 0 Å². The summed E-state index contributed by atoms with van der Waals surface area (Å²) in [4.78, 5) is 16.0. The number of fused-ring (bicyclic) bond motifs is 4. The van der Waals surface area contributed by atoms with Crippen LogP contribution in [0, 0.1) is 17.8 Å². The summed E-state index contributed by atoms with van der Waals surface area (Å²) in [5, 5.41) is 11.1. The van der Waals surface area contributed by atoms with E-state index in [9.17, 15) is 18.3 Å². The minimum absolute atomic E-state index is 0.0932. The normalized spacial score (nSPS) is 31.0. The number of benzene rings is 2. The molecule has 1 fully saturated rings. The number of rotatable bonds is 6. The zero-order valence-electron chi connectivity index (χ0n) is 27.3. The van der Waals surface area contributed by atoms with Gasteiger partial charge in [0.2, 0.25) is 10.0 Å². The van der Waals surface area contributed by atoms with E-state index in [1.54, 1.807) is 25.3 Å². The summed E-state index contributed by atoms with van der Waals surface area (Å²) in [7, 11) is -2.50. The maximum absolute atomic E-state index is 13.8. The highest BCUT2D eigenvalue weighted by molar-refractivity contribution is 7.90. The van der Waals surface area contributed by atoms with Crippen LogP contribution in [0.25, 0.3) is 0 Å². The fourth-order valence-electron chi connectivity index (χ4n) is 7.99. The van der Waals surface area contributed by atoms with E-state index in [4.69, 9.17) is 25.8 Å². The first-order valence-electron chi connectivity index (χ1n) is 16.9. The molecule has 0 aromatic heterocycles. The van der Waals surface area contributed by atoms with Gasteiger partial charge in [-0.1, -0.05) is 36.7 Å². The van der Waals surface area contributed by atoms with Gasteiger partial charge in [0.15, 0.2) is 0 Å². The molecule has 2 aliphatic carbocycles. The van der Waals surface area contributed by atoms with Crippen molar-refractivity contribution >= 4 is 33.2 Å². The number of nitrogens with one attached hydrogen (secondary N) is 1. The van der Waals surface area contributed by atoms with Crippen molar-refractivity contribution < 1.29 is 32.5 Å². The van der Waals surface area contributed by atoms with Gasteiger partial charge in [0.25, 0.3) is 5.91 Å². The van der Waals surface area contributed by atoms with Crippen LogP contribution in [0.2, 0.25) is 5.02 Å². The number of sulfonamides is 1. The molecule has 47 heavy (non-hydrogen) atoms. The average Bonchev–Trinajstić information content (AvgIpc) is 3.17. The highest BCUT2D eigenvalue weighted by atomic mass is 35.5. The molecular weight excluding hydrogens is 640 g/mol. The summed E-state index contributed by atoms with van der Waals surface area (Å²) >= 11 is 6.41. The van der Waals surface area contributed by atoms with Crippen LogP contribution in [-0.4, -0.2) is 77.4 Å². The molecule has 2 heterocycles. The zero-order chi connectivity index (χ0) is 33.2. The summed E-state index contributed by atoms with van der Waals surface area (Å²) in [6.07, 6.45) is 8.62. The second kappa shape index (κ2) is 14.5. The molecule has 0 unspecified atom stereocenters. The van der Waals surface area contributed by atoms with Gasteiger partial charge >= 0.3 is 0 Å². The third kappa shape index (κ3) is 7.37. The Morgan fingerprint density at radius 1 is 1.15 bits per heavy atom. The van der Waals surface area contributed by atoms with Crippen molar-refractivity contribution in [3.8, 4) is 5.75 Å². The maximum Gasteiger partial charge on any atom is 0.264 e. The molecule has 2 aliphatic heterocycles. The zero-order valence-corrected chi connectivity index (χ0v) is 28.9. The van der Waals surface area contributed by atoms with Crippen LogP contribution in [0.1, 0.15) is 66.9 Å². The van der Waals surface area contributed by atoms with Gasteiger partial charge in [-0.3, -0.25) is 4.79 Å². The van der Waals surface area contributed by atoms with Crippen molar-refractivity contribution in [2.75, 3.05) is 51.5 Å². The highest BCUT2D eigenvalue weighted by Crippen LogP contribution is 2.46. The minimum Gasteiger partial charge on any atom is -0.490 e. The number of allylic oxidation sites excluding steroid dienone is 1. The molecule has 6 rings (SSSR count). The fourth-order valence-corrected chi connectivity index (χ4v) is 9.84. The fraction of sp³-hybridized carbons (Fsp3) is 0.583.